The Balaban J connectivity index is 1.45. The van der Waals surface area contributed by atoms with Crippen LogP contribution in [0, 0.1) is 6.92 Å². The van der Waals surface area contributed by atoms with Gasteiger partial charge in [0.2, 0.25) is 5.95 Å². The van der Waals surface area contributed by atoms with E-state index in [2.05, 4.69) is 20.3 Å². The number of nitrogens with zero attached hydrogens (tertiary/aromatic N) is 6. The monoisotopic (exact) mass is 530 g/mol. The minimum Gasteiger partial charge on any atom is -0.497 e. The SMILES string of the molecule is CCN1C(=O)N(c2cc(OC)cc(C(=O)Nc3ccc(-n4ccnc4C)c(CF)c3)c2)Cc2cnc(N)nc21. The van der Waals surface area contributed by atoms with Gasteiger partial charge < -0.3 is 20.4 Å². The zero-order chi connectivity index (χ0) is 27.7. The molecule has 3 N–H and O–H groups in total. The number of ether oxygens (including phenoxy) is 1. The Labute approximate surface area is 224 Å². The predicted octanol–water partition coefficient (Wildman–Crippen LogP) is 4.25. The molecule has 12 heteroatoms. The number of hydrogen-bond donors (Lipinski definition) is 2. The number of anilines is 4. The molecule has 11 nitrogen and oxygen atoms in total. The van der Waals surface area contributed by atoms with Crippen LogP contribution in [-0.2, 0) is 13.2 Å². The molecule has 2 aromatic carbocycles. The number of imidazole rings is 1. The first-order chi connectivity index (χ1) is 18.8. The highest BCUT2D eigenvalue weighted by molar-refractivity contribution is 6.08. The standard InChI is InChI=1S/C27H27FN8O3/c1-4-34-24-19(14-31-26(29)33-24)15-36(27(34)38)21-10-17(11-22(12-21)39-3)25(37)32-20-5-6-23(18(9-20)13-28)35-8-7-30-16(35)2/h5-12,14H,4,13,15H2,1-3H3,(H,32,37)(H2,29,31,33). The van der Waals surface area contributed by atoms with Gasteiger partial charge in [0.1, 0.15) is 24.1 Å². The highest BCUT2D eigenvalue weighted by atomic mass is 19.1. The average Bonchev–Trinajstić information content (AvgIpc) is 3.37. The van der Waals surface area contributed by atoms with Crippen LogP contribution in [-0.4, -0.2) is 45.1 Å². The zero-order valence-electron chi connectivity index (χ0n) is 21.7. The molecule has 4 aromatic rings. The number of urea groups is 1. The van der Waals surface area contributed by atoms with Crippen molar-refractivity contribution in [3.63, 3.8) is 0 Å². The van der Waals surface area contributed by atoms with Crippen LogP contribution in [0.3, 0.4) is 0 Å². The molecule has 0 radical (unpaired) electrons. The number of nitrogens with two attached hydrogens (primary N) is 1. The summed E-state index contributed by atoms with van der Waals surface area (Å²) in [5.41, 5.74) is 8.65. The molecule has 1 aliphatic rings. The molecule has 3 amide bonds. The van der Waals surface area contributed by atoms with E-state index >= 15 is 0 Å². The van der Waals surface area contributed by atoms with E-state index in [1.54, 1.807) is 59.6 Å². The number of carbonyl (C=O) groups is 2. The summed E-state index contributed by atoms with van der Waals surface area (Å²) >= 11 is 0. The van der Waals surface area contributed by atoms with Gasteiger partial charge in [0.25, 0.3) is 5.91 Å². The molecule has 0 atom stereocenters. The van der Waals surface area contributed by atoms with Crippen molar-refractivity contribution in [2.24, 2.45) is 0 Å². The quantitative estimate of drug-likeness (QED) is 0.365. The lowest BCUT2D eigenvalue weighted by Crippen LogP contribution is -2.48. The average molecular weight is 531 g/mol. The number of nitrogens with one attached hydrogen (secondary N) is 1. The Morgan fingerprint density at radius 1 is 1.21 bits per heavy atom. The van der Waals surface area contributed by atoms with Gasteiger partial charge in [-0.15, -0.1) is 0 Å². The fourth-order valence-corrected chi connectivity index (χ4v) is 4.55. The number of rotatable bonds is 7. The Kier molecular flexibility index (Phi) is 6.84. The molecule has 5 rings (SSSR count). The van der Waals surface area contributed by atoms with Crippen LogP contribution in [0.2, 0.25) is 0 Å². The van der Waals surface area contributed by atoms with Gasteiger partial charge in [-0.25, -0.2) is 19.2 Å². The summed E-state index contributed by atoms with van der Waals surface area (Å²) in [4.78, 5) is 42.2. The van der Waals surface area contributed by atoms with Crippen LogP contribution in [0.4, 0.5) is 32.3 Å². The number of methoxy groups -OCH3 is 1. The van der Waals surface area contributed by atoms with Crippen LogP contribution in [0.15, 0.2) is 55.0 Å². The number of carbonyl (C=O) groups excluding carboxylic acids is 2. The second kappa shape index (κ2) is 10.4. The topological polar surface area (TPSA) is 132 Å². The molecule has 200 valence electrons. The molecule has 0 spiro atoms. The summed E-state index contributed by atoms with van der Waals surface area (Å²) in [6.07, 6.45) is 4.98. The zero-order valence-corrected chi connectivity index (χ0v) is 21.7. The Bertz CT molecular complexity index is 1570. The molecular formula is C27H27FN8O3. The lowest BCUT2D eigenvalue weighted by Gasteiger charge is -2.35. The Morgan fingerprint density at radius 3 is 2.72 bits per heavy atom. The minimum atomic E-state index is -0.720. The van der Waals surface area contributed by atoms with Crippen LogP contribution in [0.5, 0.6) is 5.75 Å². The van der Waals surface area contributed by atoms with Gasteiger partial charge in [-0.2, -0.15) is 4.98 Å². The highest BCUT2D eigenvalue weighted by Gasteiger charge is 2.32. The van der Waals surface area contributed by atoms with E-state index in [4.69, 9.17) is 10.5 Å². The largest absolute Gasteiger partial charge is 0.497 e. The van der Waals surface area contributed by atoms with Gasteiger partial charge in [-0.1, -0.05) is 0 Å². The first-order valence-electron chi connectivity index (χ1n) is 12.2. The fraction of sp³-hybridized carbons (Fsp3) is 0.222. The summed E-state index contributed by atoms with van der Waals surface area (Å²) in [5.74, 6) is 1.21. The molecule has 0 saturated carbocycles. The van der Waals surface area contributed by atoms with Crippen molar-refractivity contribution in [2.75, 3.05) is 34.5 Å². The number of alkyl halides is 1. The third-order valence-corrected chi connectivity index (χ3v) is 6.49. The molecular weight excluding hydrogens is 503 g/mol. The highest BCUT2D eigenvalue weighted by Crippen LogP contribution is 2.33. The number of halogens is 1. The second-order valence-corrected chi connectivity index (χ2v) is 8.89. The maximum Gasteiger partial charge on any atom is 0.330 e. The van der Waals surface area contributed by atoms with Gasteiger partial charge in [-0.3, -0.25) is 14.6 Å². The summed E-state index contributed by atoms with van der Waals surface area (Å²) in [7, 11) is 1.48. The van der Waals surface area contributed by atoms with E-state index in [0.29, 0.717) is 46.3 Å². The van der Waals surface area contributed by atoms with Gasteiger partial charge in [0.15, 0.2) is 0 Å². The first-order valence-corrected chi connectivity index (χ1v) is 12.2. The summed E-state index contributed by atoms with van der Waals surface area (Å²) in [6.45, 7) is 3.49. The smallest absolute Gasteiger partial charge is 0.330 e. The third-order valence-electron chi connectivity index (χ3n) is 6.49. The number of aryl methyl sites for hydroxylation is 1. The van der Waals surface area contributed by atoms with Gasteiger partial charge in [-0.05, 0) is 44.2 Å². The van der Waals surface area contributed by atoms with E-state index in [9.17, 15) is 14.0 Å². The maximum absolute atomic E-state index is 13.9. The molecule has 0 bridgehead atoms. The normalized spacial score (nSPS) is 12.9. The maximum atomic E-state index is 13.9. The Hall–Kier alpha value is -5.00. The molecule has 2 aromatic heterocycles. The molecule has 0 unspecified atom stereocenters. The summed E-state index contributed by atoms with van der Waals surface area (Å²) in [6, 6.07) is 9.55. The van der Waals surface area contributed by atoms with Crippen LogP contribution in [0.25, 0.3) is 5.69 Å². The lowest BCUT2D eigenvalue weighted by molar-refractivity contribution is 0.102. The molecule has 0 saturated heterocycles. The third kappa shape index (κ3) is 4.83. The van der Waals surface area contributed by atoms with Crippen molar-refractivity contribution in [3.8, 4) is 11.4 Å². The number of benzene rings is 2. The minimum absolute atomic E-state index is 0.0814. The van der Waals surface area contributed by atoms with Crippen molar-refractivity contribution >= 4 is 35.1 Å². The molecule has 1 aliphatic heterocycles. The van der Waals surface area contributed by atoms with E-state index < -0.39 is 12.6 Å². The van der Waals surface area contributed by atoms with Gasteiger partial charge >= 0.3 is 6.03 Å². The van der Waals surface area contributed by atoms with Crippen molar-refractivity contribution in [1.29, 1.82) is 0 Å². The van der Waals surface area contributed by atoms with E-state index in [-0.39, 0.29) is 24.1 Å². The van der Waals surface area contributed by atoms with E-state index in [0.717, 1.165) is 5.82 Å². The number of hydrogen-bond acceptors (Lipinski definition) is 7. The lowest BCUT2D eigenvalue weighted by atomic mass is 10.1. The van der Waals surface area contributed by atoms with Crippen molar-refractivity contribution in [1.82, 2.24) is 19.5 Å². The fourth-order valence-electron chi connectivity index (χ4n) is 4.55. The number of nitrogen functional groups attached to an aromatic ring is 1. The van der Waals surface area contributed by atoms with E-state index in [1.807, 2.05) is 13.8 Å². The first kappa shape index (κ1) is 25.6. The van der Waals surface area contributed by atoms with Gasteiger partial charge in [0, 0.05) is 53.6 Å². The van der Waals surface area contributed by atoms with Crippen LogP contribution >= 0.6 is 0 Å². The van der Waals surface area contributed by atoms with E-state index in [1.165, 1.54) is 16.9 Å². The molecule has 3 heterocycles. The second-order valence-electron chi connectivity index (χ2n) is 8.89. The Morgan fingerprint density at radius 2 is 2.03 bits per heavy atom. The molecule has 39 heavy (non-hydrogen) atoms. The number of aromatic nitrogens is 4. The van der Waals surface area contributed by atoms with Crippen LogP contribution < -0.4 is 25.6 Å². The number of amides is 3. The van der Waals surface area contributed by atoms with Crippen molar-refractivity contribution in [3.05, 3.63) is 77.5 Å². The van der Waals surface area contributed by atoms with Crippen molar-refractivity contribution in [2.45, 2.75) is 27.1 Å². The van der Waals surface area contributed by atoms with Gasteiger partial charge in [0.05, 0.1) is 25.0 Å². The summed E-state index contributed by atoms with van der Waals surface area (Å²) < 4.78 is 21.1. The molecule has 0 fully saturated rings. The van der Waals surface area contributed by atoms with Crippen LogP contribution in [0.1, 0.15) is 34.2 Å². The summed E-state index contributed by atoms with van der Waals surface area (Å²) in [5, 5.41) is 2.82. The number of fused-ring (bicyclic) bond motifs is 1. The van der Waals surface area contributed by atoms with Crippen molar-refractivity contribution < 1.29 is 18.7 Å². The predicted molar refractivity (Wildman–Crippen MR) is 145 cm³/mol. The molecule has 0 aliphatic carbocycles.